The number of ether oxygens (including phenoxy) is 1. The van der Waals surface area contributed by atoms with E-state index in [4.69, 9.17) is 15.5 Å². The number of anilines is 1. The number of benzene rings is 1. The number of nitrogen functional groups attached to an aromatic ring is 1. The predicted octanol–water partition coefficient (Wildman–Crippen LogP) is 3.25. The first-order chi connectivity index (χ1) is 12.6. The molecule has 4 rings (SSSR count). The van der Waals surface area contributed by atoms with Gasteiger partial charge in [-0.3, -0.25) is 9.78 Å². The van der Waals surface area contributed by atoms with E-state index in [1.165, 1.54) is 0 Å². The van der Waals surface area contributed by atoms with Gasteiger partial charge >= 0.3 is 0 Å². The molecule has 1 aliphatic heterocycles. The first-order valence-electron chi connectivity index (χ1n) is 8.63. The lowest BCUT2D eigenvalue weighted by Crippen LogP contribution is -2.24. The van der Waals surface area contributed by atoms with Crippen molar-refractivity contribution in [1.82, 2.24) is 14.9 Å². The van der Waals surface area contributed by atoms with Crippen molar-refractivity contribution in [3.63, 3.8) is 0 Å². The van der Waals surface area contributed by atoms with Crippen LogP contribution < -0.4 is 10.5 Å². The van der Waals surface area contributed by atoms with E-state index in [1.54, 1.807) is 24.4 Å². The Balaban J connectivity index is 1.92. The summed E-state index contributed by atoms with van der Waals surface area (Å²) in [6.45, 7) is 3.27. The third-order valence-electron chi connectivity index (χ3n) is 4.73. The maximum atomic E-state index is 12.7. The average Bonchev–Trinajstić information content (AvgIpc) is 2.98. The van der Waals surface area contributed by atoms with Gasteiger partial charge in [0.15, 0.2) is 0 Å². The molecule has 0 radical (unpaired) electrons. The fraction of sp³-hybridized carbons (Fsp3) is 0.250. The van der Waals surface area contributed by atoms with E-state index >= 15 is 0 Å². The molecule has 1 aromatic carbocycles. The van der Waals surface area contributed by atoms with Crippen molar-refractivity contribution >= 4 is 22.5 Å². The van der Waals surface area contributed by atoms with Crippen LogP contribution in [0, 0.1) is 0 Å². The van der Waals surface area contributed by atoms with E-state index in [-0.39, 0.29) is 5.91 Å². The highest BCUT2D eigenvalue weighted by molar-refractivity contribution is 6.11. The molecule has 0 spiro atoms. The molecule has 2 N–H and O–H groups in total. The van der Waals surface area contributed by atoms with E-state index in [9.17, 15) is 4.79 Å². The van der Waals surface area contributed by atoms with Crippen molar-refractivity contribution in [3.05, 3.63) is 47.9 Å². The normalized spacial score (nSPS) is 13.3. The number of rotatable bonds is 4. The molecule has 0 atom stereocenters. The first-order valence-corrected chi connectivity index (χ1v) is 8.63. The van der Waals surface area contributed by atoms with Crippen molar-refractivity contribution in [2.45, 2.75) is 19.9 Å². The van der Waals surface area contributed by atoms with Crippen LogP contribution in [0.2, 0.25) is 0 Å². The maximum absolute atomic E-state index is 12.7. The smallest absolute Gasteiger partial charge is 0.258 e. The molecule has 6 nitrogen and oxygen atoms in total. The van der Waals surface area contributed by atoms with Gasteiger partial charge in [0.25, 0.3) is 5.91 Å². The number of nitrogens with zero attached hydrogens (tertiary/aromatic N) is 3. The summed E-state index contributed by atoms with van der Waals surface area (Å²) in [4.78, 5) is 23.5. The van der Waals surface area contributed by atoms with Gasteiger partial charge in [0, 0.05) is 29.3 Å². The van der Waals surface area contributed by atoms with Crippen LogP contribution in [0.4, 0.5) is 5.69 Å². The highest BCUT2D eigenvalue weighted by atomic mass is 16.5. The van der Waals surface area contributed by atoms with Gasteiger partial charge in [-0.1, -0.05) is 25.1 Å². The third kappa shape index (κ3) is 2.45. The van der Waals surface area contributed by atoms with Crippen molar-refractivity contribution in [2.24, 2.45) is 0 Å². The molecule has 1 amide bonds. The minimum Gasteiger partial charge on any atom is -0.495 e. The molecule has 2 aromatic heterocycles. The quantitative estimate of drug-likeness (QED) is 0.783. The minimum absolute atomic E-state index is 0.0257. The van der Waals surface area contributed by atoms with Gasteiger partial charge in [0.2, 0.25) is 0 Å². The summed E-state index contributed by atoms with van der Waals surface area (Å²) in [6, 6.07) is 7.73. The van der Waals surface area contributed by atoms with Crippen LogP contribution in [0.25, 0.3) is 22.0 Å². The second-order valence-corrected chi connectivity index (χ2v) is 6.39. The van der Waals surface area contributed by atoms with E-state index in [2.05, 4.69) is 11.9 Å². The molecule has 0 fully saturated rings. The Morgan fingerprint density at radius 1 is 1.31 bits per heavy atom. The second kappa shape index (κ2) is 6.29. The SMILES string of the molecule is CCCN1Cc2nc3c(-c4cncc(OC)c4)cccc3c(N)c2C1=O. The van der Waals surface area contributed by atoms with Gasteiger partial charge in [0.05, 0.1) is 42.3 Å². The lowest BCUT2D eigenvalue weighted by atomic mass is 10.00. The molecule has 1 aliphatic rings. The number of carbonyl (C=O) groups excluding carboxylic acids is 1. The van der Waals surface area contributed by atoms with Crippen LogP contribution in [0.1, 0.15) is 29.4 Å². The predicted molar refractivity (Wildman–Crippen MR) is 101 cm³/mol. The van der Waals surface area contributed by atoms with Crippen LogP contribution >= 0.6 is 0 Å². The molecular weight excluding hydrogens is 328 g/mol. The lowest BCUT2D eigenvalue weighted by molar-refractivity contribution is 0.0779. The molecule has 0 saturated heterocycles. The number of nitrogens with two attached hydrogens (primary N) is 1. The van der Waals surface area contributed by atoms with E-state index < -0.39 is 0 Å². The minimum atomic E-state index is -0.0257. The number of hydrogen-bond acceptors (Lipinski definition) is 5. The zero-order valence-electron chi connectivity index (χ0n) is 14.8. The Morgan fingerprint density at radius 2 is 2.15 bits per heavy atom. The Labute approximate surface area is 151 Å². The number of carbonyl (C=O) groups is 1. The van der Waals surface area contributed by atoms with Gasteiger partial charge in [-0.05, 0) is 12.5 Å². The monoisotopic (exact) mass is 348 g/mol. The Morgan fingerprint density at radius 3 is 2.92 bits per heavy atom. The van der Waals surface area contributed by atoms with Gasteiger partial charge < -0.3 is 15.4 Å². The molecule has 3 heterocycles. The largest absolute Gasteiger partial charge is 0.495 e. The van der Waals surface area contributed by atoms with E-state index in [1.807, 2.05) is 24.3 Å². The zero-order chi connectivity index (χ0) is 18.3. The number of pyridine rings is 2. The standard InChI is InChI=1S/C20H20N4O2/c1-3-7-24-11-16-17(20(24)25)18(21)15-6-4-5-14(19(15)23-16)12-8-13(26-2)10-22-9-12/h4-6,8-10H,3,7,11H2,1-2H3,(H2,21,23). The molecule has 26 heavy (non-hydrogen) atoms. The molecule has 3 aromatic rings. The highest BCUT2D eigenvalue weighted by Gasteiger charge is 2.31. The lowest BCUT2D eigenvalue weighted by Gasteiger charge is -2.13. The molecule has 6 heteroatoms. The fourth-order valence-electron chi connectivity index (χ4n) is 3.49. The van der Waals surface area contributed by atoms with Gasteiger partial charge in [-0.2, -0.15) is 0 Å². The Bertz CT molecular complexity index is 1020. The number of methoxy groups -OCH3 is 1. The molecule has 0 bridgehead atoms. The van der Waals surface area contributed by atoms with Crippen molar-refractivity contribution in [3.8, 4) is 16.9 Å². The van der Waals surface area contributed by atoms with Crippen LogP contribution in [-0.2, 0) is 6.54 Å². The van der Waals surface area contributed by atoms with Gasteiger partial charge in [-0.25, -0.2) is 4.98 Å². The summed E-state index contributed by atoms with van der Waals surface area (Å²) >= 11 is 0. The molecule has 0 aliphatic carbocycles. The van der Waals surface area contributed by atoms with Crippen molar-refractivity contribution < 1.29 is 9.53 Å². The van der Waals surface area contributed by atoms with Crippen molar-refractivity contribution in [1.29, 1.82) is 0 Å². The summed E-state index contributed by atoms with van der Waals surface area (Å²) in [5.41, 5.74) is 10.8. The first kappa shape index (κ1) is 16.3. The fourth-order valence-corrected chi connectivity index (χ4v) is 3.49. The molecular formula is C20H20N4O2. The molecule has 0 saturated carbocycles. The summed E-state index contributed by atoms with van der Waals surface area (Å²) in [6.07, 6.45) is 4.34. The highest BCUT2D eigenvalue weighted by Crippen LogP contribution is 2.36. The van der Waals surface area contributed by atoms with E-state index in [0.717, 1.165) is 34.1 Å². The zero-order valence-corrected chi connectivity index (χ0v) is 14.8. The van der Waals surface area contributed by atoms with Crippen molar-refractivity contribution in [2.75, 3.05) is 19.4 Å². The average molecular weight is 348 g/mol. The topological polar surface area (TPSA) is 81.3 Å². The number of para-hydroxylation sites is 1. The number of fused-ring (bicyclic) bond motifs is 2. The number of amides is 1. The second-order valence-electron chi connectivity index (χ2n) is 6.39. The summed E-state index contributed by atoms with van der Waals surface area (Å²) in [5.74, 6) is 0.653. The number of hydrogen-bond donors (Lipinski definition) is 1. The van der Waals surface area contributed by atoms with Crippen LogP contribution in [0.3, 0.4) is 0 Å². The molecule has 132 valence electrons. The van der Waals surface area contributed by atoms with Crippen LogP contribution in [0.5, 0.6) is 5.75 Å². The number of aromatic nitrogens is 2. The Hall–Kier alpha value is -3.15. The van der Waals surface area contributed by atoms with Crippen LogP contribution in [0.15, 0.2) is 36.7 Å². The summed E-state index contributed by atoms with van der Waals surface area (Å²) in [7, 11) is 1.61. The van der Waals surface area contributed by atoms with Crippen LogP contribution in [-0.4, -0.2) is 34.4 Å². The summed E-state index contributed by atoms with van der Waals surface area (Å²) < 4.78 is 5.28. The molecule has 0 unspecified atom stereocenters. The third-order valence-corrected chi connectivity index (χ3v) is 4.73. The van der Waals surface area contributed by atoms with E-state index in [0.29, 0.717) is 30.1 Å². The van der Waals surface area contributed by atoms with Gasteiger partial charge in [-0.15, -0.1) is 0 Å². The van der Waals surface area contributed by atoms with Gasteiger partial charge in [0.1, 0.15) is 5.75 Å². The maximum Gasteiger partial charge on any atom is 0.258 e. The summed E-state index contributed by atoms with van der Waals surface area (Å²) in [5, 5.41) is 0.788. The Kier molecular flexibility index (Phi) is 3.95.